The van der Waals surface area contributed by atoms with Crippen molar-refractivity contribution in [2.45, 2.75) is 26.5 Å². The molecular weight excluding hydrogens is 479 g/mol. The summed E-state index contributed by atoms with van der Waals surface area (Å²) in [5, 5.41) is 6.17. The van der Waals surface area contributed by atoms with Gasteiger partial charge in [0.25, 0.3) is 0 Å². The Kier molecular flexibility index (Phi) is 9.55. The van der Waals surface area contributed by atoms with Gasteiger partial charge in [-0.25, -0.2) is 13.4 Å². The number of aliphatic imine (C=N–C) groups is 1. The first-order valence-electron chi connectivity index (χ1n) is 8.15. The van der Waals surface area contributed by atoms with E-state index in [4.69, 9.17) is 0 Å². The van der Waals surface area contributed by atoms with Crippen LogP contribution in [0.4, 0.5) is 8.78 Å². The fraction of sp³-hybridized carbons (Fsp3) is 0.562. The van der Waals surface area contributed by atoms with Crippen LogP contribution in [-0.4, -0.2) is 45.6 Å². The number of para-hydroxylation sites is 1. The monoisotopic (exact) mass is 503 g/mol. The molecule has 0 radical (unpaired) electrons. The standard InChI is InChI=1S/C16H23F2N3O3S.HI/c1-2-19-16(20-9-12-7-8-25(22,23)11-12)21-10-13-5-3-4-6-14(13)24-15(17)18;/h3-6,12,15H,2,7-11H2,1H3,(H2,19,20,21);1H. The molecule has 1 heterocycles. The van der Waals surface area contributed by atoms with E-state index in [2.05, 4.69) is 20.4 Å². The molecule has 0 spiro atoms. The summed E-state index contributed by atoms with van der Waals surface area (Å²) < 4.78 is 52.4. The number of hydrogen-bond acceptors (Lipinski definition) is 4. The lowest BCUT2D eigenvalue weighted by Crippen LogP contribution is -2.40. The summed E-state index contributed by atoms with van der Waals surface area (Å²) in [6.45, 7) is 0.317. The molecule has 2 N–H and O–H groups in total. The van der Waals surface area contributed by atoms with Crippen LogP contribution in [-0.2, 0) is 16.4 Å². The zero-order valence-electron chi connectivity index (χ0n) is 14.5. The molecule has 1 fully saturated rings. The molecule has 1 aliphatic rings. The van der Waals surface area contributed by atoms with E-state index in [-0.39, 0.29) is 53.7 Å². The fourth-order valence-electron chi connectivity index (χ4n) is 2.63. The van der Waals surface area contributed by atoms with E-state index >= 15 is 0 Å². The van der Waals surface area contributed by atoms with E-state index in [9.17, 15) is 17.2 Å². The molecule has 148 valence electrons. The molecule has 0 aromatic heterocycles. The maximum absolute atomic E-state index is 12.4. The predicted octanol–water partition coefficient (Wildman–Crippen LogP) is 2.40. The van der Waals surface area contributed by atoms with Crippen molar-refractivity contribution in [3.05, 3.63) is 29.8 Å². The lowest BCUT2D eigenvalue weighted by Gasteiger charge is -2.15. The van der Waals surface area contributed by atoms with Gasteiger partial charge in [-0.3, -0.25) is 0 Å². The van der Waals surface area contributed by atoms with Gasteiger partial charge in [0.1, 0.15) is 5.75 Å². The summed E-state index contributed by atoms with van der Waals surface area (Å²) in [6.07, 6.45) is 0.639. The average molecular weight is 503 g/mol. The molecule has 1 aromatic rings. The molecule has 0 bridgehead atoms. The smallest absolute Gasteiger partial charge is 0.387 e. The van der Waals surface area contributed by atoms with E-state index in [1.807, 2.05) is 6.92 Å². The van der Waals surface area contributed by atoms with Crippen LogP contribution in [0.25, 0.3) is 0 Å². The van der Waals surface area contributed by atoms with Gasteiger partial charge in [0.05, 0.1) is 18.1 Å². The van der Waals surface area contributed by atoms with E-state index in [0.29, 0.717) is 31.0 Å². The second-order valence-corrected chi connectivity index (χ2v) is 8.06. The van der Waals surface area contributed by atoms with E-state index in [1.165, 1.54) is 6.07 Å². The molecule has 2 rings (SSSR count). The first-order valence-corrected chi connectivity index (χ1v) is 9.97. The second-order valence-electron chi connectivity index (χ2n) is 5.83. The summed E-state index contributed by atoms with van der Waals surface area (Å²) >= 11 is 0. The van der Waals surface area contributed by atoms with Crippen molar-refractivity contribution in [3.63, 3.8) is 0 Å². The quantitative estimate of drug-likeness (QED) is 0.340. The van der Waals surface area contributed by atoms with Crippen LogP contribution in [0.2, 0.25) is 0 Å². The molecule has 0 aliphatic carbocycles. The Balaban J connectivity index is 0.00000338. The van der Waals surface area contributed by atoms with Crippen LogP contribution in [0, 0.1) is 5.92 Å². The minimum Gasteiger partial charge on any atom is -0.434 e. The van der Waals surface area contributed by atoms with Crippen LogP contribution >= 0.6 is 24.0 Å². The van der Waals surface area contributed by atoms with Gasteiger partial charge in [0.2, 0.25) is 0 Å². The third-order valence-corrected chi connectivity index (χ3v) is 5.66. The molecule has 1 aromatic carbocycles. The van der Waals surface area contributed by atoms with Gasteiger partial charge < -0.3 is 15.4 Å². The number of halogens is 3. The molecule has 1 unspecified atom stereocenters. The SMILES string of the molecule is CCNC(=NCc1ccccc1OC(F)F)NCC1CCS(=O)(=O)C1.I. The molecule has 1 saturated heterocycles. The summed E-state index contributed by atoms with van der Waals surface area (Å²) in [6, 6.07) is 6.50. The van der Waals surface area contributed by atoms with Gasteiger partial charge in [0.15, 0.2) is 15.8 Å². The summed E-state index contributed by atoms with van der Waals surface area (Å²) in [5.41, 5.74) is 0.545. The van der Waals surface area contributed by atoms with Crippen LogP contribution in [0.15, 0.2) is 29.3 Å². The van der Waals surface area contributed by atoms with Crippen molar-refractivity contribution in [1.29, 1.82) is 0 Å². The molecule has 26 heavy (non-hydrogen) atoms. The van der Waals surface area contributed by atoms with E-state index in [0.717, 1.165) is 0 Å². The highest BCUT2D eigenvalue weighted by molar-refractivity contribution is 14.0. The second kappa shape index (κ2) is 10.9. The molecule has 1 aliphatic heterocycles. The molecule has 10 heteroatoms. The van der Waals surface area contributed by atoms with Crippen LogP contribution < -0.4 is 15.4 Å². The Labute approximate surface area is 169 Å². The highest BCUT2D eigenvalue weighted by Crippen LogP contribution is 2.21. The number of nitrogens with one attached hydrogen (secondary N) is 2. The highest BCUT2D eigenvalue weighted by atomic mass is 127. The Hall–Kier alpha value is -1.17. The van der Waals surface area contributed by atoms with Gasteiger partial charge in [-0.1, -0.05) is 18.2 Å². The van der Waals surface area contributed by atoms with Crippen LogP contribution in [0.3, 0.4) is 0 Å². The van der Waals surface area contributed by atoms with E-state index in [1.54, 1.807) is 18.2 Å². The van der Waals surface area contributed by atoms with Crippen molar-refractivity contribution in [2.75, 3.05) is 24.6 Å². The number of guanidine groups is 1. The van der Waals surface area contributed by atoms with Gasteiger partial charge in [-0.15, -0.1) is 24.0 Å². The third-order valence-electron chi connectivity index (χ3n) is 3.83. The van der Waals surface area contributed by atoms with Crippen molar-refractivity contribution in [2.24, 2.45) is 10.9 Å². The van der Waals surface area contributed by atoms with Crippen LogP contribution in [0.1, 0.15) is 18.9 Å². The number of sulfone groups is 1. The molecule has 6 nitrogen and oxygen atoms in total. The average Bonchev–Trinajstić information content (AvgIpc) is 2.90. The fourth-order valence-corrected chi connectivity index (χ4v) is 4.49. The number of ether oxygens (including phenoxy) is 1. The molecule has 0 amide bonds. The van der Waals surface area contributed by atoms with Crippen molar-refractivity contribution < 1.29 is 21.9 Å². The zero-order valence-corrected chi connectivity index (χ0v) is 17.6. The highest BCUT2D eigenvalue weighted by Gasteiger charge is 2.27. The van der Waals surface area contributed by atoms with E-state index < -0.39 is 16.4 Å². The first kappa shape index (κ1) is 22.9. The number of alkyl halides is 2. The normalized spacial score (nSPS) is 19.1. The number of hydrogen-bond donors (Lipinski definition) is 2. The van der Waals surface area contributed by atoms with Crippen LogP contribution in [0.5, 0.6) is 5.75 Å². The summed E-state index contributed by atoms with van der Waals surface area (Å²) in [5.74, 6) is 1.08. The summed E-state index contributed by atoms with van der Waals surface area (Å²) in [7, 11) is -2.92. The molecule has 0 saturated carbocycles. The maximum Gasteiger partial charge on any atom is 0.387 e. The predicted molar refractivity (Wildman–Crippen MR) is 108 cm³/mol. The number of rotatable bonds is 7. The van der Waals surface area contributed by atoms with Crippen molar-refractivity contribution in [3.8, 4) is 5.75 Å². The van der Waals surface area contributed by atoms with Gasteiger partial charge in [0, 0.05) is 18.7 Å². The maximum atomic E-state index is 12.4. The number of benzene rings is 1. The Morgan fingerprint density at radius 1 is 1.35 bits per heavy atom. The lowest BCUT2D eigenvalue weighted by atomic mass is 10.1. The van der Waals surface area contributed by atoms with Crippen molar-refractivity contribution >= 4 is 39.8 Å². The zero-order chi connectivity index (χ0) is 18.3. The Bertz CT molecular complexity index is 702. The minimum absolute atomic E-state index is 0. The Morgan fingerprint density at radius 3 is 2.69 bits per heavy atom. The van der Waals surface area contributed by atoms with Gasteiger partial charge in [-0.05, 0) is 25.3 Å². The van der Waals surface area contributed by atoms with Gasteiger partial charge >= 0.3 is 6.61 Å². The Morgan fingerprint density at radius 2 is 2.08 bits per heavy atom. The lowest BCUT2D eigenvalue weighted by molar-refractivity contribution is -0.0504. The summed E-state index contributed by atoms with van der Waals surface area (Å²) in [4.78, 5) is 4.37. The molecule has 1 atom stereocenters. The third kappa shape index (κ3) is 7.60. The topological polar surface area (TPSA) is 79.8 Å². The van der Waals surface area contributed by atoms with Crippen molar-refractivity contribution in [1.82, 2.24) is 10.6 Å². The minimum atomic E-state index is -2.92. The number of nitrogens with zero attached hydrogens (tertiary/aromatic N) is 1. The first-order chi connectivity index (χ1) is 11.9. The van der Waals surface area contributed by atoms with Gasteiger partial charge in [-0.2, -0.15) is 8.78 Å². The largest absolute Gasteiger partial charge is 0.434 e. The molecular formula is C16H24F2IN3O3S.